The first kappa shape index (κ1) is 13.6. The zero-order valence-corrected chi connectivity index (χ0v) is 10.7. The molecule has 1 heterocycles. The van der Waals surface area contributed by atoms with Crippen molar-refractivity contribution in [1.29, 1.82) is 0 Å². The van der Waals surface area contributed by atoms with E-state index in [9.17, 15) is 4.79 Å². The van der Waals surface area contributed by atoms with Crippen molar-refractivity contribution in [3.05, 3.63) is 30.1 Å². The Kier molecular flexibility index (Phi) is 5.56. The summed E-state index contributed by atoms with van der Waals surface area (Å²) in [6.45, 7) is 3.32. The van der Waals surface area contributed by atoms with E-state index in [4.69, 9.17) is 18.0 Å². The molecular formula is C12H17N3OS. The van der Waals surface area contributed by atoms with E-state index in [0.717, 1.165) is 6.42 Å². The number of pyridine rings is 1. The maximum Gasteiger partial charge on any atom is 0.253 e. The minimum Gasteiger partial charge on any atom is -0.393 e. The molecule has 0 saturated heterocycles. The molecule has 0 aromatic carbocycles. The van der Waals surface area contributed by atoms with E-state index >= 15 is 0 Å². The minimum absolute atomic E-state index is 0.00509. The van der Waals surface area contributed by atoms with Crippen molar-refractivity contribution in [3.8, 4) is 0 Å². The number of hydrogen-bond acceptors (Lipinski definition) is 3. The second-order valence-electron chi connectivity index (χ2n) is 3.74. The number of aromatic nitrogens is 1. The van der Waals surface area contributed by atoms with Gasteiger partial charge >= 0.3 is 0 Å². The third kappa shape index (κ3) is 4.48. The molecule has 1 rings (SSSR count). The Morgan fingerprint density at radius 3 is 2.59 bits per heavy atom. The Balaban J connectivity index is 2.69. The number of thiocarbonyl (C=S) groups is 1. The van der Waals surface area contributed by atoms with Gasteiger partial charge in [-0.25, -0.2) is 0 Å². The summed E-state index contributed by atoms with van der Waals surface area (Å²) in [6.07, 6.45) is 4.70. The third-order valence-electron chi connectivity index (χ3n) is 2.34. The third-order valence-corrected chi connectivity index (χ3v) is 2.54. The zero-order valence-electron chi connectivity index (χ0n) is 9.93. The molecular weight excluding hydrogens is 234 g/mol. The second-order valence-corrected chi connectivity index (χ2v) is 4.27. The van der Waals surface area contributed by atoms with Gasteiger partial charge in [0.05, 0.1) is 4.99 Å². The molecule has 1 aromatic heterocycles. The fraction of sp³-hybridized carbons (Fsp3) is 0.417. The van der Waals surface area contributed by atoms with Gasteiger partial charge in [0.1, 0.15) is 0 Å². The summed E-state index contributed by atoms with van der Waals surface area (Å²) in [5, 5.41) is 0. The molecule has 0 aliphatic carbocycles. The molecule has 0 radical (unpaired) electrons. The zero-order chi connectivity index (χ0) is 12.7. The monoisotopic (exact) mass is 251 g/mol. The normalized spacial score (nSPS) is 9.94. The van der Waals surface area contributed by atoms with Crippen LogP contribution in [-0.4, -0.2) is 33.9 Å². The predicted molar refractivity (Wildman–Crippen MR) is 71.8 cm³/mol. The number of carbonyl (C=O) groups excluding carboxylic acids is 1. The fourth-order valence-corrected chi connectivity index (χ4v) is 1.60. The van der Waals surface area contributed by atoms with Crippen molar-refractivity contribution < 1.29 is 4.79 Å². The molecule has 0 spiro atoms. The number of hydrogen-bond donors (Lipinski definition) is 1. The number of rotatable bonds is 6. The van der Waals surface area contributed by atoms with Crippen molar-refractivity contribution >= 4 is 23.1 Å². The first-order valence-electron chi connectivity index (χ1n) is 5.62. The maximum atomic E-state index is 12.2. The molecule has 0 saturated carbocycles. The van der Waals surface area contributed by atoms with Crippen LogP contribution in [0.4, 0.5) is 0 Å². The number of amides is 1. The van der Waals surface area contributed by atoms with Crippen LogP contribution in [0, 0.1) is 0 Å². The molecule has 1 amide bonds. The average molecular weight is 251 g/mol. The van der Waals surface area contributed by atoms with Crippen LogP contribution in [0.25, 0.3) is 0 Å². The molecule has 0 fully saturated rings. The lowest BCUT2D eigenvalue weighted by atomic mass is 10.2. The lowest BCUT2D eigenvalue weighted by molar-refractivity contribution is 0.0760. The molecule has 0 unspecified atom stereocenters. The molecule has 2 N–H and O–H groups in total. The van der Waals surface area contributed by atoms with E-state index in [0.29, 0.717) is 30.1 Å². The van der Waals surface area contributed by atoms with Crippen molar-refractivity contribution in [2.24, 2.45) is 5.73 Å². The van der Waals surface area contributed by atoms with Gasteiger partial charge in [-0.2, -0.15) is 0 Å². The summed E-state index contributed by atoms with van der Waals surface area (Å²) >= 11 is 4.83. The van der Waals surface area contributed by atoms with E-state index in [2.05, 4.69) is 4.98 Å². The van der Waals surface area contributed by atoms with Gasteiger partial charge in [-0.1, -0.05) is 19.1 Å². The van der Waals surface area contributed by atoms with Crippen molar-refractivity contribution in [1.82, 2.24) is 9.88 Å². The maximum absolute atomic E-state index is 12.2. The smallest absolute Gasteiger partial charge is 0.253 e. The predicted octanol–water partition coefficient (Wildman–Crippen LogP) is 1.61. The summed E-state index contributed by atoms with van der Waals surface area (Å²) in [5.41, 5.74) is 6.11. The molecule has 0 atom stereocenters. The highest BCUT2D eigenvalue weighted by Crippen LogP contribution is 2.05. The molecule has 0 bridgehead atoms. The highest BCUT2D eigenvalue weighted by molar-refractivity contribution is 7.80. The first-order chi connectivity index (χ1) is 8.15. The van der Waals surface area contributed by atoms with Crippen LogP contribution in [0.15, 0.2) is 24.5 Å². The van der Waals surface area contributed by atoms with E-state index in [1.807, 2.05) is 6.92 Å². The van der Waals surface area contributed by atoms with Crippen LogP contribution in [0.5, 0.6) is 0 Å². The van der Waals surface area contributed by atoms with Crippen LogP contribution in [-0.2, 0) is 0 Å². The summed E-state index contributed by atoms with van der Waals surface area (Å²) in [6, 6.07) is 3.43. The Hall–Kier alpha value is -1.49. The molecule has 17 heavy (non-hydrogen) atoms. The first-order valence-corrected chi connectivity index (χ1v) is 6.03. The molecule has 0 aliphatic heterocycles. The van der Waals surface area contributed by atoms with Crippen LogP contribution >= 0.6 is 12.2 Å². The molecule has 5 heteroatoms. The summed E-state index contributed by atoms with van der Waals surface area (Å²) < 4.78 is 0. The van der Waals surface area contributed by atoms with Crippen LogP contribution in [0.1, 0.15) is 30.1 Å². The molecule has 0 aliphatic rings. The van der Waals surface area contributed by atoms with Gasteiger partial charge in [-0.3, -0.25) is 9.78 Å². The van der Waals surface area contributed by atoms with E-state index in [1.54, 1.807) is 29.4 Å². The molecule has 92 valence electrons. The summed E-state index contributed by atoms with van der Waals surface area (Å²) in [4.78, 5) is 18.3. The van der Waals surface area contributed by atoms with Crippen molar-refractivity contribution in [2.75, 3.05) is 13.1 Å². The number of carbonyl (C=O) groups is 1. The van der Waals surface area contributed by atoms with Gasteiger partial charge < -0.3 is 10.6 Å². The van der Waals surface area contributed by atoms with Gasteiger partial charge in [0, 0.05) is 37.5 Å². The minimum atomic E-state index is 0.00509. The summed E-state index contributed by atoms with van der Waals surface area (Å²) in [5.74, 6) is 0.00509. The Labute approximate surface area is 107 Å². The van der Waals surface area contributed by atoms with Gasteiger partial charge in [0.15, 0.2) is 0 Å². The molecule has 4 nitrogen and oxygen atoms in total. The topological polar surface area (TPSA) is 59.2 Å². The van der Waals surface area contributed by atoms with Crippen molar-refractivity contribution in [3.63, 3.8) is 0 Å². The van der Waals surface area contributed by atoms with Crippen LogP contribution in [0.3, 0.4) is 0 Å². The number of nitrogens with zero attached hydrogens (tertiary/aromatic N) is 2. The van der Waals surface area contributed by atoms with Gasteiger partial charge in [-0.05, 0) is 18.6 Å². The lowest BCUT2D eigenvalue weighted by Crippen LogP contribution is -2.34. The highest BCUT2D eigenvalue weighted by atomic mass is 32.1. The van der Waals surface area contributed by atoms with Gasteiger partial charge in [0.25, 0.3) is 5.91 Å². The standard InChI is InChI=1S/C12H17N3OS/c1-2-8-15(9-5-11(13)17)12(16)10-3-6-14-7-4-10/h3-4,6-7H,2,5,8-9H2,1H3,(H2,13,17). The largest absolute Gasteiger partial charge is 0.393 e. The van der Waals surface area contributed by atoms with Gasteiger partial charge in [-0.15, -0.1) is 0 Å². The van der Waals surface area contributed by atoms with E-state index in [-0.39, 0.29) is 5.91 Å². The number of nitrogens with two attached hydrogens (primary N) is 1. The Morgan fingerprint density at radius 2 is 2.06 bits per heavy atom. The fourth-order valence-electron chi connectivity index (χ4n) is 1.51. The van der Waals surface area contributed by atoms with Crippen LogP contribution in [0.2, 0.25) is 0 Å². The Morgan fingerprint density at radius 1 is 1.41 bits per heavy atom. The SMILES string of the molecule is CCCN(CCC(N)=S)C(=O)c1ccncc1. The van der Waals surface area contributed by atoms with Crippen LogP contribution < -0.4 is 5.73 Å². The highest BCUT2D eigenvalue weighted by Gasteiger charge is 2.14. The Bertz CT molecular complexity index is 381. The quantitative estimate of drug-likeness (QED) is 0.780. The summed E-state index contributed by atoms with van der Waals surface area (Å²) in [7, 11) is 0. The second kappa shape index (κ2) is 6.96. The average Bonchev–Trinajstić information content (AvgIpc) is 2.34. The lowest BCUT2D eigenvalue weighted by Gasteiger charge is -2.21. The van der Waals surface area contributed by atoms with E-state index in [1.165, 1.54) is 0 Å². The van der Waals surface area contributed by atoms with E-state index < -0.39 is 0 Å². The van der Waals surface area contributed by atoms with Crippen molar-refractivity contribution in [2.45, 2.75) is 19.8 Å². The molecule has 1 aromatic rings. The van der Waals surface area contributed by atoms with Gasteiger partial charge in [0.2, 0.25) is 0 Å².